The summed E-state index contributed by atoms with van der Waals surface area (Å²) >= 11 is 0. The van der Waals surface area contributed by atoms with E-state index in [0.717, 1.165) is 48.9 Å². The number of aryl methyl sites for hydroxylation is 2. The number of hydrogen-bond donors (Lipinski definition) is 2. The number of fused-ring (bicyclic) bond motifs is 1. The Morgan fingerprint density at radius 1 is 1.22 bits per heavy atom. The van der Waals surface area contributed by atoms with Crippen LogP contribution in [0.5, 0.6) is 11.5 Å². The monoisotopic (exact) mass is 372 g/mol. The maximum atomic E-state index is 6.02. The Hall–Kier alpha value is -2.77. The van der Waals surface area contributed by atoms with Crippen LogP contribution in [0.1, 0.15) is 37.3 Å². The molecule has 8 heteroatoms. The molecule has 3 rings (SSSR count). The molecule has 1 aromatic heterocycles. The van der Waals surface area contributed by atoms with Crippen LogP contribution in [-0.2, 0) is 19.4 Å². The molecule has 0 radical (unpaired) electrons. The second-order valence-corrected chi connectivity index (χ2v) is 6.56. The Kier molecular flexibility index (Phi) is 6.51. The average Bonchev–Trinajstić information content (AvgIpc) is 2.91. The topological polar surface area (TPSA) is 99.6 Å². The molecule has 0 unspecified atom stereocenters. The van der Waals surface area contributed by atoms with Crippen molar-refractivity contribution >= 4 is 11.6 Å². The number of nitrogens with one attached hydrogen (secondary N) is 1. The van der Waals surface area contributed by atoms with Crippen molar-refractivity contribution in [1.82, 2.24) is 14.8 Å². The summed E-state index contributed by atoms with van der Waals surface area (Å²) in [4.78, 5) is 4.41. The predicted octanol–water partition coefficient (Wildman–Crippen LogP) is 2.38. The molecule has 0 atom stereocenters. The maximum Gasteiger partial charge on any atom is 0.193 e. The van der Waals surface area contributed by atoms with Crippen LogP contribution in [0, 0.1) is 0 Å². The summed E-state index contributed by atoms with van der Waals surface area (Å²) < 4.78 is 12.9. The molecule has 2 aromatic rings. The molecule has 1 aromatic carbocycles. The van der Waals surface area contributed by atoms with E-state index in [-0.39, 0.29) is 0 Å². The minimum Gasteiger partial charge on any atom is -0.497 e. The number of nitrogens with zero attached hydrogens (tertiary/aromatic N) is 4. The van der Waals surface area contributed by atoms with Gasteiger partial charge in [0.2, 0.25) is 0 Å². The maximum absolute atomic E-state index is 6.02. The first-order chi connectivity index (χ1) is 13.2. The van der Waals surface area contributed by atoms with Crippen LogP contribution in [0.4, 0.5) is 5.69 Å². The number of aromatic nitrogens is 3. The largest absolute Gasteiger partial charge is 0.497 e. The van der Waals surface area contributed by atoms with E-state index < -0.39 is 0 Å². The zero-order valence-corrected chi connectivity index (χ0v) is 16.1. The number of methoxy groups -OCH3 is 2. The van der Waals surface area contributed by atoms with Gasteiger partial charge in [0.1, 0.15) is 23.1 Å². The minimum absolute atomic E-state index is 0.349. The molecule has 0 amide bonds. The lowest BCUT2D eigenvalue weighted by Crippen LogP contribution is -2.23. The fourth-order valence-corrected chi connectivity index (χ4v) is 3.26. The summed E-state index contributed by atoms with van der Waals surface area (Å²) in [7, 11) is 3.23. The first-order valence-corrected chi connectivity index (χ1v) is 9.41. The van der Waals surface area contributed by atoms with Gasteiger partial charge in [-0.1, -0.05) is 6.42 Å². The van der Waals surface area contributed by atoms with Gasteiger partial charge in [-0.15, -0.1) is 10.2 Å². The third-order valence-corrected chi connectivity index (χ3v) is 4.70. The van der Waals surface area contributed by atoms with Gasteiger partial charge in [0.15, 0.2) is 5.96 Å². The first-order valence-electron chi connectivity index (χ1n) is 9.41. The molecule has 0 saturated heterocycles. The molecular formula is C19H28N6O2. The first kappa shape index (κ1) is 19.0. The van der Waals surface area contributed by atoms with Crippen molar-refractivity contribution in [2.24, 2.45) is 10.7 Å². The fraction of sp³-hybridized carbons (Fsp3) is 0.526. The van der Waals surface area contributed by atoms with Crippen molar-refractivity contribution in [2.45, 2.75) is 45.1 Å². The van der Waals surface area contributed by atoms with Crippen LogP contribution in [-0.4, -0.2) is 41.5 Å². The van der Waals surface area contributed by atoms with Crippen LogP contribution < -0.4 is 20.5 Å². The van der Waals surface area contributed by atoms with E-state index in [1.165, 1.54) is 19.3 Å². The van der Waals surface area contributed by atoms with E-state index >= 15 is 0 Å². The van der Waals surface area contributed by atoms with Crippen LogP contribution in [0.3, 0.4) is 0 Å². The normalized spacial score (nSPS) is 14.4. The number of anilines is 1. The highest BCUT2D eigenvalue weighted by Crippen LogP contribution is 2.28. The second-order valence-electron chi connectivity index (χ2n) is 6.56. The molecule has 0 saturated carbocycles. The Bertz CT molecular complexity index is 787. The van der Waals surface area contributed by atoms with E-state index in [2.05, 4.69) is 25.1 Å². The number of rotatable bonds is 7. The predicted molar refractivity (Wildman–Crippen MR) is 106 cm³/mol. The van der Waals surface area contributed by atoms with Gasteiger partial charge in [-0.05, 0) is 31.4 Å². The highest BCUT2D eigenvalue weighted by molar-refractivity contribution is 5.94. The van der Waals surface area contributed by atoms with Gasteiger partial charge in [0, 0.05) is 32.0 Å². The van der Waals surface area contributed by atoms with Crippen molar-refractivity contribution in [3.63, 3.8) is 0 Å². The van der Waals surface area contributed by atoms with Crippen LogP contribution in [0.15, 0.2) is 23.2 Å². The molecule has 1 aliphatic rings. The molecule has 0 fully saturated rings. The van der Waals surface area contributed by atoms with Gasteiger partial charge < -0.3 is 25.1 Å². The number of guanidine groups is 1. The molecule has 2 heterocycles. The Morgan fingerprint density at radius 2 is 2.11 bits per heavy atom. The number of aliphatic imine (C=N–C) groups is 1. The van der Waals surface area contributed by atoms with E-state index in [1.54, 1.807) is 14.2 Å². The third kappa shape index (κ3) is 4.90. The summed E-state index contributed by atoms with van der Waals surface area (Å²) in [5.41, 5.74) is 6.74. The summed E-state index contributed by atoms with van der Waals surface area (Å²) in [6.45, 7) is 1.65. The number of ether oxygens (including phenoxy) is 2. The molecule has 0 spiro atoms. The van der Waals surface area contributed by atoms with Crippen LogP contribution in [0.2, 0.25) is 0 Å². The van der Waals surface area contributed by atoms with Gasteiger partial charge in [0.05, 0.1) is 19.9 Å². The highest BCUT2D eigenvalue weighted by atomic mass is 16.5. The van der Waals surface area contributed by atoms with E-state index in [9.17, 15) is 0 Å². The van der Waals surface area contributed by atoms with Crippen molar-refractivity contribution in [3.05, 3.63) is 29.8 Å². The smallest absolute Gasteiger partial charge is 0.193 e. The molecule has 3 N–H and O–H groups in total. The zero-order valence-electron chi connectivity index (χ0n) is 16.1. The van der Waals surface area contributed by atoms with Crippen molar-refractivity contribution < 1.29 is 9.47 Å². The highest BCUT2D eigenvalue weighted by Gasteiger charge is 2.14. The lowest BCUT2D eigenvalue weighted by Gasteiger charge is -2.12. The molecule has 0 bridgehead atoms. The summed E-state index contributed by atoms with van der Waals surface area (Å²) in [6.07, 6.45) is 6.43. The fourth-order valence-electron chi connectivity index (χ4n) is 3.26. The van der Waals surface area contributed by atoms with Crippen molar-refractivity contribution in [3.8, 4) is 11.5 Å². The Labute approximate surface area is 159 Å². The standard InChI is InChI=1S/C19H28N6O2/c1-26-14-9-10-16(27-2)15(13-14)22-19(20)21-11-6-8-18-24-23-17-7-4-3-5-12-25(17)18/h9-10,13H,3-8,11-12H2,1-2H3,(H3,20,21,22). The second kappa shape index (κ2) is 9.25. The lowest BCUT2D eigenvalue weighted by molar-refractivity contribution is 0.405. The summed E-state index contributed by atoms with van der Waals surface area (Å²) in [5, 5.41) is 11.8. The Balaban J connectivity index is 1.54. The van der Waals surface area contributed by atoms with Gasteiger partial charge in [-0.3, -0.25) is 4.99 Å². The van der Waals surface area contributed by atoms with E-state index in [4.69, 9.17) is 15.2 Å². The number of hydrogen-bond acceptors (Lipinski definition) is 5. The van der Waals surface area contributed by atoms with Crippen LogP contribution >= 0.6 is 0 Å². The minimum atomic E-state index is 0.349. The van der Waals surface area contributed by atoms with E-state index in [1.807, 2.05) is 18.2 Å². The quantitative estimate of drug-likeness (QED) is 0.440. The molecule has 8 nitrogen and oxygen atoms in total. The summed E-state index contributed by atoms with van der Waals surface area (Å²) in [6, 6.07) is 5.48. The van der Waals surface area contributed by atoms with Crippen LogP contribution in [0.25, 0.3) is 0 Å². The van der Waals surface area contributed by atoms with Gasteiger partial charge in [-0.25, -0.2) is 0 Å². The molecule has 146 valence electrons. The molecule has 27 heavy (non-hydrogen) atoms. The van der Waals surface area contributed by atoms with E-state index in [0.29, 0.717) is 18.3 Å². The number of nitrogens with two attached hydrogens (primary N) is 1. The molecule has 0 aliphatic carbocycles. The zero-order chi connectivity index (χ0) is 19.1. The molecular weight excluding hydrogens is 344 g/mol. The van der Waals surface area contributed by atoms with Crippen molar-refractivity contribution in [2.75, 3.05) is 26.1 Å². The molecule has 1 aliphatic heterocycles. The SMILES string of the molecule is COc1ccc(OC)c(NC(N)=NCCCc2nnc3n2CCCCC3)c1. The Morgan fingerprint density at radius 3 is 2.93 bits per heavy atom. The third-order valence-electron chi connectivity index (χ3n) is 4.70. The lowest BCUT2D eigenvalue weighted by atomic mass is 10.2. The van der Waals surface area contributed by atoms with Gasteiger partial charge >= 0.3 is 0 Å². The van der Waals surface area contributed by atoms with Gasteiger partial charge in [0.25, 0.3) is 0 Å². The summed E-state index contributed by atoms with van der Waals surface area (Å²) in [5.74, 6) is 3.93. The average molecular weight is 372 g/mol. The number of benzene rings is 1. The van der Waals surface area contributed by atoms with Crippen molar-refractivity contribution in [1.29, 1.82) is 0 Å². The van der Waals surface area contributed by atoms with Gasteiger partial charge in [-0.2, -0.15) is 0 Å².